The standard InChI is InChI=1S/C28H27N3O3/c1-3-4-9-25-30-26-19(11-13-24(27(26)31-25)28(33)34-2)14-18-10-12-23(21(15-18)17-32)22-8-6-5-7-20(22)16-29/h5-8,10-13,15,32H,3-4,9,14,17H2,1-2H3,(H,30,31). The van der Waals surface area contributed by atoms with Gasteiger partial charge in [0.05, 0.1) is 41.9 Å². The Labute approximate surface area is 198 Å². The van der Waals surface area contributed by atoms with Crippen LogP contribution in [0.2, 0.25) is 0 Å². The number of imidazole rings is 1. The van der Waals surface area contributed by atoms with Crippen molar-refractivity contribution in [2.45, 2.75) is 39.2 Å². The van der Waals surface area contributed by atoms with Gasteiger partial charge in [0.1, 0.15) is 5.82 Å². The zero-order valence-corrected chi connectivity index (χ0v) is 19.4. The van der Waals surface area contributed by atoms with Crippen molar-refractivity contribution in [3.63, 3.8) is 0 Å². The number of carbonyl (C=O) groups excluding carboxylic acids is 1. The molecule has 1 aromatic heterocycles. The van der Waals surface area contributed by atoms with E-state index in [0.29, 0.717) is 23.1 Å². The molecular weight excluding hydrogens is 426 g/mol. The molecule has 34 heavy (non-hydrogen) atoms. The number of aliphatic hydroxyl groups excluding tert-OH is 1. The van der Waals surface area contributed by atoms with Crippen molar-refractivity contribution in [3.05, 3.63) is 88.2 Å². The lowest BCUT2D eigenvalue weighted by molar-refractivity contribution is 0.0603. The van der Waals surface area contributed by atoms with E-state index in [1.807, 2.05) is 42.5 Å². The SMILES string of the molecule is CCCCc1nc2c(Cc3ccc(-c4ccccc4C#N)c(CO)c3)ccc(C(=O)OC)c2[nH]1. The third-order valence-corrected chi connectivity index (χ3v) is 6.02. The van der Waals surface area contributed by atoms with Crippen LogP contribution in [-0.2, 0) is 24.2 Å². The summed E-state index contributed by atoms with van der Waals surface area (Å²) in [6.45, 7) is 1.99. The van der Waals surface area contributed by atoms with E-state index >= 15 is 0 Å². The monoisotopic (exact) mass is 453 g/mol. The topological polar surface area (TPSA) is 99.0 Å². The van der Waals surface area contributed by atoms with Gasteiger partial charge in [-0.2, -0.15) is 5.26 Å². The number of ether oxygens (including phenoxy) is 1. The highest BCUT2D eigenvalue weighted by Gasteiger charge is 2.18. The Hall–Kier alpha value is -3.95. The van der Waals surface area contributed by atoms with Gasteiger partial charge in [-0.25, -0.2) is 9.78 Å². The quantitative estimate of drug-likeness (QED) is 0.352. The molecule has 3 aromatic carbocycles. The Morgan fingerprint density at radius 1 is 1.12 bits per heavy atom. The van der Waals surface area contributed by atoms with Gasteiger partial charge in [0.2, 0.25) is 0 Å². The molecule has 0 atom stereocenters. The number of aliphatic hydroxyl groups is 1. The van der Waals surface area contributed by atoms with Crippen LogP contribution in [0.1, 0.15) is 58.2 Å². The number of methoxy groups -OCH3 is 1. The van der Waals surface area contributed by atoms with Gasteiger partial charge in [-0.05, 0) is 52.8 Å². The van der Waals surface area contributed by atoms with Crippen molar-refractivity contribution in [3.8, 4) is 17.2 Å². The number of H-pyrrole nitrogens is 1. The molecule has 0 aliphatic carbocycles. The number of aromatic amines is 1. The number of unbranched alkanes of at least 4 members (excludes halogenated alkanes) is 1. The number of carbonyl (C=O) groups is 1. The number of aryl methyl sites for hydroxylation is 1. The maximum absolute atomic E-state index is 12.3. The highest BCUT2D eigenvalue weighted by Crippen LogP contribution is 2.30. The lowest BCUT2D eigenvalue weighted by Gasteiger charge is -2.12. The summed E-state index contributed by atoms with van der Waals surface area (Å²) in [4.78, 5) is 20.4. The number of nitrogens with zero attached hydrogens (tertiary/aromatic N) is 2. The van der Waals surface area contributed by atoms with Crippen molar-refractivity contribution >= 4 is 17.0 Å². The molecule has 0 amide bonds. The van der Waals surface area contributed by atoms with Gasteiger partial charge in [-0.3, -0.25) is 0 Å². The van der Waals surface area contributed by atoms with Crippen molar-refractivity contribution in [1.29, 1.82) is 5.26 Å². The van der Waals surface area contributed by atoms with E-state index in [0.717, 1.165) is 58.4 Å². The van der Waals surface area contributed by atoms with E-state index in [2.05, 4.69) is 18.0 Å². The minimum Gasteiger partial charge on any atom is -0.465 e. The van der Waals surface area contributed by atoms with E-state index < -0.39 is 5.97 Å². The minimum absolute atomic E-state index is 0.136. The molecule has 0 saturated heterocycles. The maximum atomic E-state index is 12.3. The first kappa shape index (κ1) is 23.2. The minimum atomic E-state index is -0.398. The van der Waals surface area contributed by atoms with Gasteiger partial charge in [-0.1, -0.05) is 55.8 Å². The summed E-state index contributed by atoms with van der Waals surface area (Å²) < 4.78 is 4.96. The van der Waals surface area contributed by atoms with Gasteiger partial charge in [-0.15, -0.1) is 0 Å². The number of hydrogen-bond donors (Lipinski definition) is 2. The average Bonchev–Trinajstić information content (AvgIpc) is 3.31. The van der Waals surface area contributed by atoms with Crippen LogP contribution in [0.3, 0.4) is 0 Å². The molecule has 0 aliphatic rings. The first-order valence-electron chi connectivity index (χ1n) is 11.4. The van der Waals surface area contributed by atoms with Crippen molar-refractivity contribution in [2.24, 2.45) is 0 Å². The van der Waals surface area contributed by atoms with Crippen molar-refractivity contribution in [2.75, 3.05) is 7.11 Å². The third kappa shape index (κ3) is 4.57. The Morgan fingerprint density at radius 3 is 2.68 bits per heavy atom. The van der Waals surface area contributed by atoms with Crippen LogP contribution in [0.25, 0.3) is 22.2 Å². The maximum Gasteiger partial charge on any atom is 0.340 e. The Morgan fingerprint density at radius 2 is 1.94 bits per heavy atom. The van der Waals surface area contributed by atoms with Crippen LogP contribution in [0, 0.1) is 11.3 Å². The first-order chi connectivity index (χ1) is 16.6. The molecule has 0 bridgehead atoms. The number of esters is 1. The average molecular weight is 454 g/mol. The molecule has 0 saturated carbocycles. The molecule has 172 valence electrons. The fourth-order valence-electron chi connectivity index (χ4n) is 4.27. The summed E-state index contributed by atoms with van der Waals surface area (Å²) in [5.41, 5.74) is 6.89. The van der Waals surface area contributed by atoms with Gasteiger partial charge >= 0.3 is 5.97 Å². The molecule has 0 spiro atoms. The van der Waals surface area contributed by atoms with Crippen LogP contribution in [0.15, 0.2) is 54.6 Å². The number of rotatable bonds is 8. The molecule has 0 aliphatic heterocycles. The predicted octanol–water partition coefficient (Wildman–Crippen LogP) is 5.31. The van der Waals surface area contributed by atoms with E-state index in [4.69, 9.17) is 9.72 Å². The summed E-state index contributed by atoms with van der Waals surface area (Å²) in [6, 6.07) is 19.2. The molecule has 1 heterocycles. The second kappa shape index (κ2) is 10.3. The number of nitrogens with one attached hydrogen (secondary N) is 1. The van der Waals surface area contributed by atoms with Crippen LogP contribution >= 0.6 is 0 Å². The lowest BCUT2D eigenvalue weighted by Crippen LogP contribution is -2.03. The zero-order chi connectivity index (χ0) is 24.1. The van der Waals surface area contributed by atoms with E-state index in [-0.39, 0.29) is 6.61 Å². The highest BCUT2D eigenvalue weighted by molar-refractivity contribution is 6.02. The van der Waals surface area contributed by atoms with E-state index in [9.17, 15) is 15.2 Å². The largest absolute Gasteiger partial charge is 0.465 e. The van der Waals surface area contributed by atoms with Crippen LogP contribution in [0.5, 0.6) is 0 Å². The molecule has 0 radical (unpaired) electrons. The number of aromatic nitrogens is 2. The zero-order valence-electron chi connectivity index (χ0n) is 19.4. The highest BCUT2D eigenvalue weighted by atomic mass is 16.5. The first-order valence-corrected chi connectivity index (χ1v) is 11.4. The van der Waals surface area contributed by atoms with E-state index in [1.54, 1.807) is 12.1 Å². The molecule has 0 unspecified atom stereocenters. The third-order valence-electron chi connectivity index (χ3n) is 6.02. The van der Waals surface area contributed by atoms with Crippen molar-refractivity contribution < 1.29 is 14.6 Å². The van der Waals surface area contributed by atoms with Gasteiger partial charge in [0.25, 0.3) is 0 Å². The molecule has 4 rings (SSSR count). The summed E-state index contributed by atoms with van der Waals surface area (Å²) in [5.74, 6) is 0.458. The predicted molar refractivity (Wildman–Crippen MR) is 131 cm³/mol. The molecule has 6 heteroatoms. The molecule has 2 N–H and O–H groups in total. The Balaban J connectivity index is 1.74. The fourth-order valence-corrected chi connectivity index (χ4v) is 4.27. The van der Waals surface area contributed by atoms with Crippen LogP contribution < -0.4 is 0 Å². The second-order valence-corrected chi connectivity index (χ2v) is 8.26. The number of benzene rings is 3. The van der Waals surface area contributed by atoms with Crippen LogP contribution in [0.4, 0.5) is 0 Å². The van der Waals surface area contributed by atoms with Gasteiger partial charge in [0.15, 0.2) is 0 Å². The molecule has 0 fully saturated rings. The summed E-state index contributed by atoms with van der Waals surface area (Å²) in [6.07, 6.45) is 3.46. The normalized spacial score (nSPS) is 10.9. The van der Waals surface area contributed by atoms with E-state index in [1.165, 1.54) is 7.11 Å². The summed E-state index contributed by atoms with van der Waals surface area (Å²) >= 11 is 0. The fraction of sp³-hybridized carbons (Fsp3) is 0.250. The summed E-state index contributed by atoms with van der Waals surface area (Å²) in [5, 5.41) is 19.5. The molecule has 6 nitrogen and oxygen atoms in total. The Kier molecular flexibility index (Phi) is 7.05. The van der Waals surface area contributed by atoms with Crippen molar-refractivity contribution in [1.82, 2.24) is 9.97 Å². The smallest absolute Gasteiger partial charge is 0.340 e. The van der Waals surface area contributed by atoms with Gasteiger partial charge < -0.3 is 14.8 Å². The molecule has 4 aromatic rings. The second-order valence-electron chi connectivity index (χ2n) is 8.26. The molecular formula is C28H27N3O3. The van der Waals surface area contributed by atoms with Crippen LogP contribution in [-0.4, -0.2) is 28.2 Å². The lowest BCUT2D eigenvalue weighted by atomic mass is 9.92. The Bertz CT molecular complexity index is 1380. The number of nitriles is 1. The van der Waals surface area contributed by atoms with Gasteiger partial charge in [0, 0.05) is 6.42 Å². The number of fused-ring (bicyclic) bond motifs is 1. The summed E-state index contributed by atoms with van der Waals surface area (Å²) in [7, 11) is 1.37. The number of hydrogen-bond acceptors (Lipinski definition) is 5.